The van der Waals surface area contributed by atoms with Crippen molar-refractivity contribution in [3.05, 3.63) is 53.6 Å². The summed E-state index contributed by atoms with van der Waals surface area (Å²) in [5.74, 6) is 0.723. The second-order valence-corrected chi connectivity index (χ2v) is 7.66. The van der Waals surface area contributed by atoms with Crippen molar-refractivity contribution >= 4 is 17.6 Å². The molecule has 0 aromatic heterocycles. The molecule has 2 aromatic carbocycles. The molecule has 0 saturated heterocycles. The maximum absolute atomic E-state index is 6.31. The second kappa shape index (κ2) is 6.72. The molecule has 1 aliphatic carbocycles. The van der Waals surface area contributed by atoms with Crippen LogP contribution in [0, 0.1) is 13.8 Å². The Balaban J connectivity index is 1.69. The Labute approximate surface area is 160 Å². The summed E-state index contributed by atoms with van der Waals surface area (Å²) in [6, 6.07) is 15.1. The van der Waals surface area contributed by atoms with E-state index >= 15 is 0 Å². The largest absolute Gasteiger partial charge is 0.369 e. The first-order valence-electron chi connectivity index (χ1n) is 9.66. The fraction of sp³-hybridized carbons (Fsp3) is 0.364. The van der Waals surface area contributed by atoms with Crippen molar-refractivity contribution in [2.45, 2.75) is 51.6 Å². The molecule has 0 atom stereocenters. The summed E-state index contributed by atoms with van der Waals surface area (Å²) in [5.41, 5.74) is 17.9. The SMILES string of the molecule is Cc1ccc(-c2ccc(N3C(N)=NC(N)=NC34CCCCC4)cc2)cc1C. The van der Waals surface area contributed by atoms with Gasteiger partial charge in [0.15, 0.2) is 0 Å². The van der Waals surface area contributed by atoms with Crippen LogP contribution in [0.25, 0.3) is 11.1 Å². The van der Waals surface area contributed by atoms with Gasteiger partial charge in [-0.3, -0.25) is 4.90 Å². The second-order valence-electron chi connectivity index (χ2n) is 7.66. The van der Waals surface area contributed by atoms with Crippen molar-refractivity contribution in [1.82, 2.24) is 0 Å². The van der Waals surface area contributed by atoms with Gasteiger partial charge in [-0.2, -0.15) is 4.99 Å². The Morgan fingerprint density at radius 2 is 1.52 bits per heavy atom. The molecule has 1 heterocycles. The number of anilines is 1. The Hall–Kier alpha value is -2.82. The van der Waals surface area contributed by atoms with Gasteiger partial charge in [0.2, 0.25) is 11.9 Å². The predicted octanol–water partition coefficient (Wildman–Crippen LogP) is 4.08. The maximum atomic E-state index is 6.31. The lowest BCUT2D eigenvalue weighted by Gasteiger charge is -2.45. The molecule has 1 aliphatic heterocycles. The number of benzene rings is 2. The summed E-state index contributed by atoms with van der Waals surface area (Å²) < 4.78 is 0. The summed E-state index contributed by atoms with van der Waals surface area (Å²) in [5, 5.41) is 0. The highest BCUT2D eigenvalue weighted by Gasteiger charge is 2.42. The molecule has 1 fully saturated rings. The lowest BCUT2D eigenvalue weighted by atomic mass is 9.87. The number of nitrogens with two attached hydrogens (primary N) is 2. The van der Waals surface area contributed by atoms with Gasteiger partial charge in [-0.25, -0.2) is 4.99 Å². The van der Waals surface area contributed by atoms with E-state index in [0.29, 0.717) is 5.96 Å². The van der Waals surface area contributed by atoms with Gasteiger partial charge < -0.3 is 11.5 Å². The van der Waals surface area contributed by atoms with Gasteiger partial charge >= 0.3 is 0 Å². The summed E-state index contributed by atoms with van der Waals surface area (Å²) in [7, 11) is 0. The average Bonchev–Trinajstić information content (AvgIpc) is 2.64. The van der Waals surface area contributed by atoms with Gasteiger partial charge in [-0.1, -0.05) is 36.8 Å². The number of hydrogen-bond acceptors (Lipinski definition) is 5. The zero-order chi connectivity index (χ0) is 19.0. The number of guanidine groups is 2. The molecule has 5 heteroatoms. The van der Waals surface area contributed by atoms with Crippen LogP contribution in [0.5, 0.6) is 0 Å². The van der Waals surface area contributed by atoms with Crippen LogP contribution in [0.15, 0.2) is 52.4 Å². The van der Waals surface area contributed by atoms with Crippen LogP contribution in [-0.4, -0.2) is 17.6 Å². The van der Waals surface area contributed by atoms with Crippen molar-refractivity contribution in [3.63, 3.8) is 0 Å². The van der Waals surface area contributed by atoms with E-state index in [4.69, 9.17) is 16.5 Å². The minimum Gasteiger partial charge on any atom is -0.369 e. The van der Waals surface area contributed by atoms with E-state index in [1.54, 1.807) is 0 Å². The fourth-order valence-corrected chi connectivity index (χ4v) is 4.22. The lowest BCUT2D eigenvalue weighted by molar-refractivity contribution is 0.305. The molecule has 5 nitrogen and oxygen atoms in total. The zero-order valence-corrected chi connectivity index (χ0v) is 16.1. The summed E-state index contributed by atoms with van der Waals surface area (Å²) in [6.07, 6.45) is 5.38. The molecule has 1 spiro atoms. The average molecular weight is 361 g/mol. The van der Waals surface area contributed by atoms with Gasteiger partial charge in [0.1, 0.15) is 5.66 Å². The Bertz CT molecular complexity index is 905. The van der Waals surface area contributed by atoms with E-state index in [-0.39, 0.29) is 5.96 Å². The minimum absolute atomic E-state index is 0.289. The molecule has 0 bridgehead atoms. The van der Waals surface area contributed by atoms with Gasteiger partial charge in [0.05, 0.1) is 0 Å². The standard InChI is InChI=1S/C22H27N5/c1-15-6-7-18(14-16(15)2)17-8-10-19(11-9-17)27-21(24)25-20(23)26-22(27)12-4-3-5-13-22/h6-11,14H,3-5,12-13H2,1-2H3,(H4,23,24,25,26). The van der Waals surface area contributed by atoms with E-state index in [2.05, 4.69) is 66.2 Å². The van der Waals surface area contributed by atoms with Crippen molar-refractivity contribution < 1.29 is 0 Å². The number of nitrogens with zero attached hydrogens (tertiary/aromatic N) is 3. The highest BCUT2D eigenvalue weighted by Crippen LogP contribution is 2.39. The van der Waals surface area contributed by atoms with E-state index < -0.39 is 5.66 Å². The number of aliphatic imine (C=N–C) groups is 2. The van der Waals surface area contributed by atoms with Crippen LogP contribution in [-0.2, 0) is 0 Å². The monoisotopic (exact) mass is 361 g/mol. The van der Waals surface area contributed by atoms with Crippen LogP contribution in [0.1, 0.15) is 43.2 Å². The van der Waals surface area contributed by atoms with Crippen LogP contribution >= 0.6 is 0 Å². The van der Waals surface area contributed by atoms with Gasteiger partial charge in [-0.15, -0.1) is 0 Å². The minimum atomic E-state index is -0.393. The fourth-order valence-electron chi connectivity index (χ4n) is 4.22. The molecule has 27 heavy (non-hydrogen) atoms. The third-order valence-corrected chi connectivity index (χ3v) is 5.82. The Kier molecular flexibility index (Phi) is 4.38. The first-order chi connectivity index (χ1) is 13.0. The molecule has 4 rings (SSSR count). The summed E-state index contributed by atoms with van der Waals surface area (Å²) in [6.45, 7) is 4.28. The lowest BCUT2D eigenvalue weighted by Crippen LogP contribution is -2.58. The predicted molar refractivity (Wildman–Crippen MR) is 113 cm³/mol. The molecule has 140 valence electrons. The van der Waals surface area contributed by atoms with Crippen LogP contribution < -0.4 is 16.4 Å². The van der Waals surface area contributed by atoms with Gasteiger partial charge in [-0.05, 0) is 73.9 Å². The van der Waals surface area contributed by atoms with E-state index in [1.165, 1.54) is 28.7 Å². The third kappa shape index (κ3) is 3.18. The first-order valence-corrected chi connectivity index (χ1v) is 9.66. The van der Waals surface area contributed by atoms with Gasteiger partial charge in [0, 0.05) is 5.69 Å². The van der Waals surface area contributed by atoms with E-state index in [9.17, 15) is 0 Å². The summed E-state index contributed by atoms with van der Waals surface area (Å²) >= 11 is 0. The normalized spacial score (nSPS) is 19.0. The van der Waals surface area contributed by atoms with E-state index in [0.717, 1.165) is 31.4 Å². The molecular weight excluding hydrogens is 334 g/mol. The van der Waals surface area contributed by atoms with Crippen LogP contribution in [0.4, 0.5) is 5.69 Å². The van der Waals surface area contributed by atoms with Crippen LogP contribution in [0.3, 0.4) is 0 Å². The molecule has 4 N–H and O–H groups in total. The molecular formula is C22H27N5. The van der Waals surface area contributed by atoms with Gasteiger partial charge in [0.25, 0.3) is 0 Å². The molecule has 2 aliphatic rings. The molecule has 1 saturated carbocycles. The third-order valence-electron chi connectivity index (χ3n) is 5.82. The Morgan fingerprint density at radius 3 is 2.19 bits per heavy atom. The highest BCUT2D eigenvalue weighted by atomic mass is 15.4. The number of rotatable bonds is 2. The maximum Gasteiger partial charge on any atom is 0.220 e. The van der Waals surface area contributed by atoms with Crippen molar-refractivity contribution in [1.29, 1.82) is 0 Å². The smallest absolute Gasteiger partial charge is 0.220 e. The number of aryl methyl sites for hydroxylation is 2. The van der Waals surface area contributed by atoms with Crippen LogP contribution in [0.2, 0.25) is 0 Å². The topological polar surface area (TPSA) is 80.0 Å². The molecule has 0 radical (unpaired) electrons. The highest BCUT2D eigenvalue weighted by molar-refractivity contribution is 6.05. The van der Waals surface area contributed by atoms with Crippen molar-refractivity contribution in [2.24, 2.45) is 21.5 Å². The zero-order valence-electron chi connectivity index (χ0n) is 16.1. The van der Waals surface area contributed by atoms with Crippen molar-refractivity contribution in [3.8, 4) is 11.1 Å². The summed E-state index contributed by atoms with van der Waals surface area (Å²) in [4.78, 5) is 11.1. The molecule has 0 amide bonds. The number of hydrogen-bond donors (Lipinski definition) is 2. The van der Waals surface area contributed by atoms with Crippen molar-refractivity contribution in [2.75, 3.05) is 4.90 Å². The first kappa shape index (κ1) is 17.6. The molecule has 2 aromatic rings. The quantitative estimate of drug-likeness (QED) is 0.846. The van der Waals surface area contributed by atoms with E-state index in [1.807, 2.05) is 0 Å². The molecule has 0 unspecified atom stereocenters. The Morgan fingerprint density at radius 1 is 0.852 bits per heavy atom.